The molecule has 0 spiro atoms. The van der Waals surface area contributed by atoms with Crippen LogP contribution in [0.2, 0.25) is 5.02 Å². The summed E-state index contributed by atoms with van der Waals surface area (Å²) in [6.07, 6.45) is 1.35. The summed E-state index contributed by atoms with van der Waals surface area (Å²) in [4.78, 5) is 27.1. The van der Waals surface area contributed by atoms with Gasteiger partial charge in [0.15, 0.2) is 0 Å². The van der Waals surface area contributed by atoms with Crippen molar-refractivity contribution in [3.8, 4) is 5.75 Å². The largest absolute Gasteiger partial charge is 0.506 e. The van der Waals surface area contributed by atoms with Crippen molar-refractivity contribution < 1.29 is 15.0 Å². The zero-order valence-electron chi connectivity index (χ0n) is 12.1. The molecule has 1 aliphatic carbocycles. The first kappa shape index (κ1) is 15.6. The molecule has 2 aromatic rings. The number of benzene rings is 1. The van der Waals surface area contributed by atoms with Crippen LogP contribution in [-0.2, 0) is 6.42 Å². The van der Waals surface area contributed by atoms with Gasteiger partial charge < -0.3 is 20.5 Å². The number of fused-ring (bicyclic) bond motifs is 1. The van der Waals surface area contributed by atoms with Gasteiger partial charge in [0.2, 0.25) is 0 Å². The fourth-order valence-corrected chi connectivity index (χ4v) is 2.86. The van der Waals surface area contributed by atoms with E-state index in [2.05, 4.69) is 10.3 Å². The molecule has 0 saturated carbocycles. The normalized spacial score (nSPS) is 16.7. The zero-order valence-corrected chi connectivity index (χ0v) is 12.9. The lowest BCUT2D eigenvalue weighted by atomic mass is 9.92. The SMILES string of the molecule is O=C(Nc1cc(Cl)ccc1O)c1cc2c([nH]c1=O)CCCC2O. The number of carbonyl (C=O) groups is 1. The van der Waals surface area contributed by atoms with Crippen molar-refractivity contribution in [2.45, 2.75) is 25.4 Å². The van der Waals surface area contributed by atoms with E-state index in [1.165, 1.54) is 24.3 Å². The Balaban J connectivity index is 1.95. The Bertz CT molecular complexity index is 831. The fourth-order valence-electron chi connectivity index (χ4n) is 2.68. The molecule has 1 unspecified atom stereocenters. The molecule has 23 heavy (non-hydrogen) atoms. The highest BCUT2D eigenvalue weighted by Gasteiger charge is 2.22. The molecular weight excluding hydrogens is 320 g/mol. The van der Waals surface area contributed by atoms with E-state index in [1.54, 1.807) is 0 Å². The smallest absolute Gasteiger partial charge is 0.261 e. The molecule has 1 aliphatic rings. The maximum absolute atomic E-state index is 12.3. The van der Waals surface area contributed by atoms with Crippen LogP contribution in [-0.4, -0.2) is 21.1 Å². The van der Waals surface area contributed by atoms with E-state index in [0.29, 0.717) is 29.1 Å². The van der Waals surface area contributed by atoms with Gasteiger partial charge in [0.05, 0.1) is 11.8 Å². The van der Waals surface area contributed by atoms with E-state index in [0.717, 1.165) is 6.42 Å². The minimum absolute atomic E-state index is 0.111. The maximum atomic E-state index is 12.3. The van der Waals surface area contributed by atoms with Crippen LogP contribution >= 0.6 is 11.6 Å². The molecule has 1 aromatic carbocycles. The Morgan fingerprint density at radius 1 is 1.35 bits per heavy atom. The fraction of sp³-hybridized carbons (Fsp3) is 0.250. The lowest BCUT2D eigenvalue weighted by Gasteiger charge is -2.21. The van der Waals surface area contributed by atoms with Crippen LogP contribution in [0.4, 0.5) is 5.69 Å². The number of amides is 1. The Labute approximate surface area is 136 Å². The first-order valence-corrected chi connectivity index (χ1v) is 7.57. The standard InChI is InChI=1S/C16H15ClN2O4/c17-8-4-5-14(21)12(6-8)19-16(23)10-7-9-11(18-15(10)22)2-1-3-13(9)20/h4-7,13,20-21H,1-3H2,(H,18,22)(H,19,23). The summed E-state index contributed by atoms with van der Waals surface area (Å²) in [6.45, 7) is 0. The van der Waals surface area contributed by atoms with Gasteiger partial charge in [-0.3, -0.25) is 9.59 Å². The second-order valence-corrected chi connectivity index (χ2v) is 5.91. The summed E-state index contributed by atoms with van der Waals surface area (Å²) in [5, 5.41) is 22.5. The lowest BCUT2D eigenvalue weighted by Crippen LogP contribution is -2.27. The monoisotopic (exact) mass is 334 g/mol. The van der Waals surface area contributed by atoms with E-state index >= 15 is 0 Å². The van der Waals surface area contributed by atoms with Gasteiger partial charge in [-0.15, -0.1) is 0 Å². The average Bonchev–Trinajstić information content (AvgIpc) is 2.50. The molecule has 1 atom stereocenters. The zero-order chi connectivity index (χ0) is 16.6. The molecule has 0 radical (unpaired) electrons. The summed E-state index contributed by atoms with van der Waals surface area (Å²) in [5.74, 6) is -0.832. The van der Waals surface area contributed by atoms with Crippen LogP contribution in [0, 0.1) is 0 Å². The Kier molecular flexibility index (Phi) is 4.11. The number of pyridine rings is 1. The first-order chi connectivity index (χ1) is 11.0. The number of aryl methyl sites for hydroxylation is 1. The number of halogens is 1. The third kappa shape index (κ3) is 3.09. The van der Waals surface area contributed by atoms with E-state index < -0.39 is 17.6 Å². The van der Waals surface area contributed by atoms with Crippen LogP contribution < -0.4 is 10.9 Å². The summed E-state index contributed by atoms with van der Waals surface area (Å²) < 4.78 is 0. The molecule has 3 rings (SSSR count). The second-order valence-electron chi connectivity index (χ2n) is 5.47. The molecule has 6 nitrogen and oxygen atoms in total. The third-order valence-electron chi connectivity index (χ3n) is 3.87. The molecule has 1 heterocycles. The number of phenols is 1. The minimum Gasteiger partial charge on any atom is -0.506 e. The molecule has 7 heteroatoms. The molecule has 0 bridgehead atoms. The van der Waals surface area contributed by atoms with Gasteiger partial charge in [0.1, 0.15) is 11.3 Å². The summed E-state index contributed by atoms with van der Waals surface area (Å²) in [6, 6.07) is 5.62. The van der Waals surface area contributed by atoms with Crippen molar-refractivity contribution in [1.29, 1.82) is 0 Å². The number of aromatic amines is 1. The highest BCUT2D eigenvalue weighted by molar-refractivity contribution is 6.31. The number of phenolic OH excluding ortho intramolecular Hbond substituents is 1. The van der Waals surface area contributed by atoms with Crippen molar-refractivity contribution in [3.05, 3.63) is 56.5 Å². The summed E-state index contributed by atoms with van der Waals surface area (Å²) in [5.41, 5.74) is 0.688. The topological polar surface area (TPSA) is 102 Å². The molecule has 1 aromatic heterocycles. The van der Waals surface area contributed by atoms with Gasteiger partial charge >= 0.3 is 0 Å². The Morgan fingerprint density at radius 2 is 2.13 bits per heavy atom. The van der Waals surface area contributed by atoms with Crippen LogP contribution in [0.15, 0.2) is 29.1 Å². The number of rotatable bonds is 2. The molecule has 0 saturated heterocycles. The predicted octanol–water partition coefficient (Wildman–Crippen LogP) is 2.36. The molecule has 0 fully saturated rings. The summed E-state index contributed by atoms with van der Waals surface area (Å²) in [7, 11) is 0. The molecule has 1 amide bonds. The number of nitrogens with one attached hydrogen (secondary N) is 2. The van der Waals surface area contributed by atoms with Crippen LogP contribution in [0.1, 0.15) is 40.6 Å². The van der Waals surface area contributed by atoms with Gasteiger partial charge in [0.25, 0.3) is 11.5 Å². The van der Waals surface area contributed by atoms with E-state index in [4.69, 9.17) is 11.6 Å². The minimum atomic E-state index is -0.693. The van der Waals surface area contributed by atoms with Crippen LogP contribution in [0.5, 0.6) is 5.75 Å². The lowest BCUT2D eigenvalue weighted by molar-refractivity contribution is 0.102. The van der Waals surface area contributed by atoms with E-state index in [1.807, 2.05) is 0 Å². The first-order valence-electron chi connectivity index (χ1n) is 7.19. The second kappa shape index (κ2) is 6.06. The van der Waals surface area contributed by atoms with Crippen LogP contribution in [0.25, 0.3) is 0 Å². The Morgan fingerprint density at radius 3 is 2.91 bits per heavy atom. The number of H-pyrrole nitrogens is 1. The number of aromatic nitrogens is 1. The van der Waals surface area contributed by atoms with Crippen molar-refractivity contribution in [2.24, 2.45) is 0 Å². The van der Waals surface area contributed by atoms with E-state index in [-0.39, 0.29) is 17.0 Å². The van der Waals surface area contributed by atoms with Gasteiger partial charge in [-0.2, -0.15) is 0 Å². The molecule has 120 valence electrons. The maximum Gasteiger partial charge on any atom is 0.261 e. The predicted molar refractivity (Wildman–Crippen MR) is 86.0 cm³/mol. The summed E-state index contributed by atoms with van der Waals surface area (Å²) >= 11 is 5.83. The van der Waals surface area contributed by atoms with Crippen molar-refractivity contribution >= 4 is 23.2 Å². The number of aromatic hydroxyl groups is 1. The number of hydrogen-bond acceptors (Lipinski definition) is 4. The highest BCUT2D eigenvalue weighted by Crippen LogP contribution is 2.29. The van der Waals surface area contributed by atoms with Gasteiger partial charge in [-0.25, -0.2) is 0 Å². The third-order valence-corrected chi connectivity index (χ3v) is 4.11. The number of hydrogen-bond donors (Lipinski definition) is 4. The van der Waals surface area contributed by atoms with Gasteiger partial charge in [-0.05, 0) is 43.5 Å². The van der Waals surface area contributed by atoms with Crippen molar-refractivity contribution in [2.75, 3.05) is 5.32 Å². The molecule has 4 N–H and O–H groups in total. The quantitative estimate of drug-likeness (QED) is 0.633. The average molecular weight is 335 g/mol. The van der Waals surface area contributed by atoms with Crippen molar-refractivity contribution in [1.82, 2.24) is 4.98 Å². The van der Waals surface area contributed by atoms with Gasteiger partial charge in [-0.1, -0.05) is 11.6 Å². The van der Waals surface area contributed by atoms with Crippen LogP contribution in [0.3, 0.4) is 0 Å². The molecule has 0 aliphatic heterocycles. The highest BCUT2D eigenvalue weighted by atomic mass is 35.5. The van der Waals surface area contributed by atoms with Crippen molar-refractivity contribution in [3.63, 3.8) is 0 Å². The van der Waals surface area contributed by atoms with Gasteiger partial charge in [0, 0.05) is 16.3 Å². The number of aliphatic hydroxyl groups excluding tert-OH is 1. The number of anilines is 1. The Hall–Kier alpha value is -2.31. The molecular formula is C16H15ClN2O4. The van der Waals surface area contributed by atoms with E-state index in [9.17, 15) is 19.8 Å². The number of carbonyl (C=O) groups excluding carboxylic acids is 1. The number of aliphatic hydroxyl groups is 1.